The SMILES string of the molecule is CCN(CC)c1ccc(N/C=C(/C#N)C(=O)N(C)C2CCN(C)CC2)c(C)c1.[Cl-]. The van der Waals surface area contributed by atoms with Gasteiger partial charge in [0, 0.05) is 43.8 Å². The Morgan fingerprint density at radius 2 is 1.93 bits per heavy atom. The summed E-state index contributed by atoms with van der Waals surface area (Å²) in [6.07, 6.45) is 3.42. The van der Waals surface area contributed by atoms with Gasteiger partial charge in [-0.3, -0.25) is 4.79 Å². The molecule has 1 aliphatic rings. The van der Waals surface area contributed by atoms with Crippen LogP contribution in [0.15, 0.2) is 30.0 Å². The fraction of sp³-hybridized carbons (Fsp3) is 0.545. The van der Waals surface area contributed by atoms with Gasteiger partial charge in [0.1, 0.15) is 11.6 Å². The van der Waals surface area contributed by atoms with Crippen LogP contribution in [-0.4, -0.2) is 62.0 Å². The monoisotopic (exact) mass is 418 g/mol. The first kappa shape index (κ1) is 24.8. The first-order chi connectivity index (χ1) is 13.4. The second kappa shape index (κ2) is 11.7. The van der Waals surface area contributed by atoms with Gasteiger partial charge in [0.25, 0.3) is 5.91 Å². The smallest absolute Gasteiger partial charge is 0.266 e. The molecular weight excluding hydrogens is 386 g/mol. The van der Waals surface area contributed by atoms with Crippen LogP contribution in [0.4, 0.5) is 11.4 Å². The molecule has 0 saturated carbocycles. The van der Waals surface area contributed by atoms with Crippen molar-refractivity contribution < 1.29 is 17.2 Å². The lowest BCUT2D eigenvalue weighted by atomic mass is 10.0. The molecule has 0 atom stereocenters. The third-order valence-corrected chi connectivity index (χ3v) is 5.62. The molecule has 0 aromatic heterocycles. The van der Waals surface area contributed by atoms with Crippen LogP contribution in [0.2, 0.25) is 0 Å². The summed E-state index contributed by atoms with van der Waals surface area (Å²) in [5.41, 5.74) is 3.29. The van der Waals surface area contributed by atoms with Crippen molar-refractivity contribution in [2.24, 2.45) is 0 Å². The Morgan fingerprint density at radius 3 is 2.45 bits per heavy atom. The fourth-order valence-electron chi connectivity index (χ4n) is 3.63. The number of likely N-dealkylation sites (N-methyl/N-ethyl adjacent to an activating group) is 1. The number of anilines is 2. The molecule has 1 aromatic rings. The molecule has 1 fully saturated rings. The zero-order chi connectivity index (χ0) is 20.7. The Kier molecular flexibility index (Phi) is 10.0. The quantitative estimate of drug-likeness (QED) is 0.507. The fourth-order valence-corrected chi connectivity index (χ4v) is 3.63. The molecule has 0 bridgehead atoms. The van der Waals surface area contributed by atoms with Crippen molar-refractivity contribution in [2.45, 2.75) is 39.7 Å². The third kappa shape index (κ3) is 6.38. The molecule has 0 spiro atoms. The molecule has 160 valence electrons. The lowest BCUT2D eigenvalue weighted by Crippen LogP contribution is -3.00. The van der Waals surface area contributed by atoms with Crippen LogP contribution in [0.25, 0.3) is 0 Å². The highest BCUT2D eigenvalue weighted by Crippen LogP contribution is 2.23. The van der Waals surface area contributed by atoms with Gasteiger partial charge < -0.3 is 32.4 Å². The Labute approximate surface area is 181 Å². The summed E-state index contributed by atoms with van der Waals surface area (Å²) in [5, 5.41) is 12.6. The van der Waals surface area contributed by atoms with Crippen molar-refractivity contribution in [1.29, 1.82) is 5.26 Å². The number of nitriles is 1. The van der Waals surface area contributed by atoms with E-state index in [-0.39, 0.29) is 29.9 Å². The molecule has 2 rings (SSSR count). The highest BCUT2D eigenvalue weighted by Gasteiger charge is 2.25. The van der Waals surface area contributed by atoms with E-state index in [1.807, 2.05) is 13.0 Å². The van der Waals surface area contributed by atoms with E-state index in [0.717, 1.165) is 50.3 Å². The van der Waals surface area contributed by atoms with Crippen LogP contribution in [0, 0.1) is 18.3 Å². The summed E-state index contributed by atoms with van der Waals surface area (Å²) in [7, 11) is 3.89. The summed E-state index contributed by atoms with van der Waals surface area (Å²) >= 11 is 0. The van der Waals surface area contributed by atoms with Gasteiger partial charge in [-0.2, -0.15) is 5.26 Å². The van der Waals surface area contributed by atoms with Gasteiger partial charge in [-0.25, -0.2) is 0 Å². The van der Waals surface area contributed by atoms with E-state index in [0.29, 0.717) is 0 Å². The summed E-state index contributed by atoms with van der Waals surface area (Å²) in [5.74, 6) is -0.220. The Morgan fingerprint density at radius 1 is 1.31 bits per heavy atom. The molecule has 29 heavy (non-hydrogen) atoms. The number of piperidine rings is 1. The Hall–Kier alpha value is -2.23. The van der Waals surface area contributed by atoms with E-state index in [1.54, 1.807) is 11.9 Å². The predicted molar refractivity (Wildman–Crippen MR) is 115 cm³/mol. The number of hydrogen-bond acceptors (Lipinski definition) is 5. The zero-order valence-electron chi connectivity index (χ0n) is 18.2. The Bertz CT molecular complexity index is 746. The number of amides is 1. The second-order valence-corrected chi connectivity index (χ2v) is 7.44. The predicted octanol–water partition coefficient (Wildman–Crippen LogP) is 0.217. The average Bonchev–Trinajstić information content (AvgIpc) is 2.70. The first-order valence-electron chi connectivity index (χ1n) is 10.1. The zero-order valence-corrected chi connectivity index (χ0v) is 19.0. The largest absolute Gasteiger partial charge is 1.00 e. The van der Waals surface area contributed by atoms with E-state index < -0.39 is 0 Å². The van der Waals surface area contributed by atoms with Crippen molar-refractivity contribution in [2.75, 3.05) is 50.5 Å². The molecule has 1 saturated heterocycles. The topological polar surface area (TPSA) is 62.6 Å². The van der Waals surface area contributed by atoms with Crippen molar-refractivity contribution in [3.8, 4) is 6.07 Å². The van der Waals surface area contributed by atoms with E-state index in [4.69, 9.17) is 0 Å². The maximum Gasteiger partial charge on any atom is 0.266 e. The van der Waals surface area contributed by atoms with Gasteiger partial charge in [-0.1, -0.05) is 0 Å². The van der Waals surface area contributed by atoms with E-state index in [1.165, 1.54) is 11.9 Å². The van der Waals surface area contributed by atoms with Gasteiger partial charge in [0.2, 0.25) is 0 Å². The molecule has 1 aromatic carbocycles. The molecule has 1 N–H and O–H groups in total. The maximum absolute atomic E-state index is 12.8. The summed E-state index contributed by atoms with van der Waals surface area (Å²) < 4.78 is 0. The molecule has 0 aliphatic carbocycles. The minimum Gasteiger partial charge on any atom is -1.00 e. The number of benzene rings is 1. The highest BCUT2D eigenvalue weighted by atomic mass is 35.5. The number of halogens is 1. The second-order valence-electron chi connectivity index (χ2n) is 7.44. The van der Waals surface area contributed by atoms with Gasteiger partial charge in [0.15, 0.2) is 0 Å². The van der Waals surface area contributed by atoms with Crippen LogP contribution in [-0.2, 0) is 4.79 Å². The molecule has 0 radical (unpaired) electrons. The van der Waals surface area contributed by atoms with Crippen molar-refractivity contribution in [3.05, 3.63) is 35.5 Å². The molecule has 6 nitrogen and oxygen atoms in total. The average molecular weight is 419 g/mol. The number of nitrogens with one attached hydrogen (secondary N) is 1. The van der Waals surface area contributed by atoms with Gasteiger partial charge >= 0.3 is 0 Å². The number of nitrogens with zero attached hydrogens (tertiary/aromatic N) is 4. The van der Waals surface area contributed by atoms with Crippen LogP contribution >= 0.6 is 0 Å². The molecular formula is C22H33ClN5O-. The van der Waals surface area contributed by atoms with E-state index >= 15 is 0 Å². The van der Waals surface area contributed by atoms with E-state index in [9.17, 15) is 10.1 Å². The number of carbonyl (C=O) groups excluding carboxylic acids is 1. The Balaban J connectivity index is 0.00000420. The molecule has 0 unspecified atom stereocenters. The van der Waals surface area contributed by atoms with Crippen molar-refractivity contribution in [1.82, 2.24) is 9.80 Å². The highest BCUT2D eigenvalue weighted by molar-refractivity contribution is 5.97. The van der Waals surface area contributed by atoms with Gasteiger partial charge in [-0.05, 0) is 77.5 Å². The first-order valence-corrected chi connectivity index (χ1v) is 10.1. The van der Waals surface area contributed by atoms with Crippen LogP contribution in [0.5, 0.6) is 0 Å². The summed E-state index contributed by atoms with van der Waals surface area (Å²) in [6.45, 7) is 10.2. The molecule has 1 heterocycles. The number of aryl methyl sites for hydroxylation is 1. The van der Waals surface area contributed by atoms with Crippen LogP contribution in [0.1, 0.15) is 32.3 Å². The minimum atomic E-state index is -0.220. The normalized spacial score (nSPS) is 15.2. The summed E-state index contributed by atoms with van der Waals surface area (Å²) in [4.78, 5) is 19.0. The number of rotatable bonds is 7. The third-order valence-electron chi connectivity index (χ3n) is 5.62. The lowest BCUT2D eigenvalue weighted by Gasteiger charge is -2.35. The van der Waals surface area contributed by atoms with Crippen LogP contribution in [0.3, 0.4) is 0 Å². The van der Waals surface area contributed by atoms with Gasteiger partial charge in [-0.15, -0.1) is 0 Å². The molecule has 7 heteroatoms. The van der Waals surface area contributed by atoms with Crippen molar-refractivity contribution in [3.63, 3.8) is 0 Å². The summed E-state index contributed by atoms with van der Waals surface area (Å²) in [6, 6.07) is 8.44. The number of likely N-dealkylation sites (tertiary alicyclic amines) is 1. The van der Waals surface area contributed by atoms with E-state index in [2.05, 4.69) is 54.2 Å². The molecule has 1 amide bonds. The van der Waals surface area contributed by atoms with Crippen LogP contribution < -0.4 is 22.6 Å². The number of hydrogen-bond donors (Lipinski definition) is 1. The minimum absolute atomic E-state index is 0. The molecule has 1 aliphatic heterocycles. The maximum atomic E-state index is 12.8. The number of carbonyl (C=O) groups is 1. The van der Waals surface area contributed by atoms with Crippen molar-refractivity contribution >= 4 is 17.3 Å². The standard InChI is InChI=1S/C22H33N5O.ClH/c1-6-27(7-2)20-8-9-21(17(3)14-20)24-16-18(15-23)22(28)26(5)19-10-12-25(4)13-11-19;/h8-9,14,16,19,24H,6-7,10-13H2,1-5H3;1H/p-1/b18-16-;. The lowest BCUT2D eigenvalue weighted by molar-refractivity contribution is -0.128. The van der Waals surface area contributed by atoms with Gasteiger partial charge in [0.05, 0.1) is 0 Å².